The number of methoxy groups -OCH3 is 1. The van der Waals surface area contributed by atoms with Crippen LogP contribution < -0.4 is 10.1 Å². The van der Waals surface area contributed by atoms with Gasteiger partial charge in [0, 0.05) is 19.6 Å². The molecule has 5 heteroatoms. The molecular weight excluding hydrogens is 280 g/mol. The number of hydrogen-bond donors (Lipinski definition) is 1. The van der Waals surface area contributed by atoms with E-state index in [1.165, 1.54) is 0 Å². The Kier molecular flexibility index (Phi) is 5.29. The van der Waals surface area contributed by atoms with Gasteiger partial charge in [0.15, 0.2) is 0 Å². The maximum atomic E-state index is 12.4. The smallest absolute Gasteiger partial charge is 0.410 e. The summed E-state index contributed by atoms with van der Waals surface area (Å²) in [7, 11) is 1.67. The summed E-state index contributed by atoms with van der Waals surface area (Å²) < 4.78 is 10.9. The van der Waals surface area contributed by atoms with Crippen LogP contribution in [-0.2, 0) is 11.2 Å². The van der Waals surface area contributed by atoms with Crippen molar-refractivity contribution in [3.05, 3.63) is 29.8 Å². The standard InChI is InChI=1S/C17H26N2O3/c1-17(2,3)22-16(20)19-10-9-18-12-14(19)11-13-7-5-6-8-15(13)21-4/h5-8,14,18H,9-12H2,1-4H3/t14-/m0/s1. The van der Waals surface area contributed by atoms with Gasteiger partial charge in [-0.05, 0) is 38.8 Å². The SMILES string of the molecule is COc1ccccc1C[C@H]1CNCCN1C(=O)OC(C)(C)C. The Morgan fingerprint density at radius 2 is 2.09 bits per heavy atom. The van der Waals surface area contributed by atoms with Gasteiger partial charge in [-0.15, -0.1) is 0 Å². The molecule has 122 valence electrons. The van der Waals surface area contributed by atoms with Gasteiger partial charge in [-0.3, -0.25) is 0 Å². The number of amides is 1. The summed E-state index contributed by atoms with van der Waals surface area (Å²) >= 11 is 0. The molecule has 0 saturated carbocycles. The maximum absolute atomic E-state index is 12.4. The largest absolute Gasteiger partial charge is 0.496 e. The highest BCUT2D eigenvalue weighted by Gasteiger charge is 2.30. The molecule has 1 saturated heterocycles. The van der Waals surface area contributed by atoms with Gasteiger partial charge in [0.25, 0.3) is 0 Å². The molecule has 1 aliphatic heterocycles. The number of benzene rings is 1. The number of para-hydroxylation sites is 1. The molecule has 1 fully saturated rings. The third-order valence-corrected chi connectivity index (χ3v) is 3.63. The number of hydrogen-bond acceptors (Lipinski definition) is 4. The summed E-state index contributed by atoms with van der Waals surface area (Å²) in [6.07, 6.45) is 0.505. The van der Waals surface area contributed by atoms with E-state index in [0.717, 1.165) is 30.8 Å². The average Bonchev–Trinajstić information content (AvgIpc) is 2.46. The first-order chi connectivity index (χ1) is 10.4. The monoisotopic (exact) mass is 306 g/mol. The Hall–Kier alpha value is -1.75. The second-order valence-electron chi connectivity index (χ2n) is 6.55. The van der Waals surface area contributed by atoms with Gasteiger partial charge in [-0.25, -0.2) is 4.79 Å². The number of nitrogens with zero attached hydrogens (tertiary/aromatic N) is 1. The lowest BCUT2D eigenvalue weighted by Gasteiger charge is -2.37. The van der Waals surface area contributed by atoms with Gasteiger partial charge in [0.1, 0.15) is 11.4 Å². The highest BCUT2D eigenvalue weighted by atomic mass is 16.6. The Morgan fingerprint density at radius 3 is 2.77 bits per heavy atom. The van der Waals surface area contributed by atoms with Crippen molar-refractivity contribution < 1.29 is 14.3 Å². The lowest BCUT2D eigenvalue weighted by Crippen LogP contribution is -2.55. The molecule has 1 atom stereocenters. The molecule has 1 N–H and O–H groups in total. The highest BCUT2D eigenvalue weighted by Crippen LogP contribution is 2.22. The third-order valence-electron chi connectivity index (χ3n) is 3.63. The van der Waals surface area contributed by atoms with Crippen LogP contribution in [0, 0.1) is 0 Å². The van der Waals surface area contributed by atoms with E-state index in [-0.39, 0.29) is 12.1 Å². The van der Waals surface area contributed by atoms with Crippen LogP contribution in [0.5, 0.6) is 5.75 Å². The molecule has 1 amide bonds. The van der Waals surface area contributed by atoms with E-state index in [4.69, 9.17) is 9.47 Å². The highest BCUT2D eigenvalue weighted by molar-refractivity contribution is 5.69. The molecule has 0 unspecified atom stereocenters. The topological polar surface area (TPSA) is 50.8 Å². The Morgan fingerprint density at radius 1 is 1.36 bits per heavy atom. The van der Waals surface area contributed by atoms with Crippen molar-refractivity contribution in [2.75, 3.05) is 26.7 Å². The minimum Gasteiger partial charge on any atom is -0.496 e. The van der Waals surface area contributed by atoms with E-state index < -0.39 is 5.60 Å². The van der Waals surface area contributed by atoms with Crippen LogP contribution in [0.2, 0.25) is 0 Å². The van der Waals surface area contributed by atoms with Gasteiger partial charge in [-0.1, -0.05) is 18.2 Å². The van der Waals surface area contributed by atoms with Gasteiger partial charge >= 0.3 is 6.09 Å². The van der Waals surface area contributed by atoms with E-state index in [0.29, 0.717) is 6.54 Å². The molecule has 1 aromatic rings. The van der Waals surface area contributed by atoms with Crippen LogP contribution in [-0.4, -0.2) is 49.4 Å². The predicted molar refractivity (Wildman–Crippen MR) is 86.3 cm³/mol. The van der Waals surface area contributed by atoms with Crippen LogP contribution in [0.25, 0.3) is 0 Å². The van der Waals surface area contributed by atoms with Crippen LogP contribution in [0.1, 0.15) is 26.3 Å². The number of piperazine rings is 1. The Labute approximate surface area is 132 Å². The molecule has 0 bridgehead atoms. The van der Waals surface area contributed by atoms with Crippen LogP contribution in [0.15, 0.2) is 24.3 Å². The third kappa shape index (κ3) is 4.37. The number of carbonyl (C=O) groups excluding carboxylic acids is 1. The van der Waals surface area contributed by atoms with Gasteiger partial charge in [0.2, 0.25) is 0 Å². The molecule has 0 aliphatic carbocycles. The molecule has 0 aromatic heterocycles. The normalized spacial score (nSPS) is 18.9. The molecule has 1 heterocycles. The minimum absolute atomic E-state index is 0.0694. The number of nitrogens with one attached hydrogen (secondary N) is 1. The Bertz CT molecular complexity index is 511. The first-order valence-corrected chi connectivity index (χ1v) is 7.73. The minimum atomic E-state index is -0.475. The molecule has 0 radical (unpaired) electrons. The molecule has 2 rings (SSSR count). The second-order valence-corrected chi connectivity index (χ2v) is 6.55. The predicted octanol–water partition coefficient (Wildman–Crippen LogP) is 2.45. The van der Waals surface area contributed by atoms with E-state index in [1.54, 1.807) is 7.11 Å². The fraction of sp³-hybridized carbons (Fsp3) is 0.588. The molecule has 1 aliphatic rings. The quantitative estimate of drug-likeness (QED) is 0.932. The maximum Gasteiger partial charge on any atom is 0.410 e. The van der Waals surface area contributed by atoms with Crippen molar-refractivity contribution in [1.29, 1.82) is 0 Å². The van der Waals surface area contributed by atoms with Crippen molar-refractivity contribution in [3.63, 3.8) is 0 Å². The van der Waals surface area contributed by atoms with Crippen molar-refractivity contribution in [2.45, 2.75) is 38.8 Å². The summed E-state index contributed by atoms with van der Waals surface area (Å²) in [4.78, 5) is 14.2. The lowest BCUT2D eigenvalue weighted by molar-refractivity contribution is 0.0121. The van der Waals surface area contributed by atoms with Crippen molar-refractivity contribution in [3.8, 4) is 5.75 Å². The van der Waals surface area contributed by atoms with Crippen LogP contribution in [0.3, 0.4) is 0 Å². The number of carbonyl (C=O) groups is 1. The zero-order chi connectivity index (χ0) is 16.2. The lowest BCUT2D eigenvalue weighted by atomic mass is 10.0. The zero-order valence-corrected chi connectivity index (χ0v) is 13.9. The van der Waals surface area contributed by atoms with E-state index in [1.807, 2.05) is 49.9 Å². The van der Waals surface area contributed by atoms with E-state index >= 15 is 0 Å². The second kappa shape index (κ2) is 7.01. The van der Waals surface area contributed by atoms with Crippen LogP contribution >= 0.6 is 0 Å². The van der Waals surface area contributed by atoms with Crippen LogP contribution in [0.4, 0.5) is 4.79 Å². The van der Waals surface area contributed by atoms with Crippen molar-refractivity contribution in [2.24, 2.45) is 0 Å². The summed E-state index contributed by atoms with van der Waals surface area (Å²) in [5.41, 5.74) is 0.629. The fourth-order valence-corrected chi connectivity index (χ4v) is 2.63. The summed E-state index contributed by atoms with van der Waals surface area (Å²) in [6.45, 7) is 7.89. The van der Waals surface area contributed by atoms with Gasteiger partial charge in [0.05, 0.1) is 13.2 Å². The summed E-state index contributed by atoms with van der Waals surface area (Å²) in [5.74, 6) is 0.859. The fourth-order valence-electron chi connectivity index (χ4n) is 2.63. The molecule has 5 nitrogen and oxygen atoms in total. The van der Waals surface area contributed by atoms with Gasteiger partial charge < -0.3 is 19.7 Å². The van der Waals surface area contributed by atoms with Gasteiger partial charge in [-0.2, -0.15) is 0 Å². The first-order valence-electron chi connectivity index (χ1n) is 7.73. The average molecular weight is 306 g/mol. The first kappa shape index (κ1) is 16.6. The summed E-state index contributed by atoms with van der Waals surface area (Å²) in [6, 6.07) is 8.00. The number of ether oxygens (including phenoxy) is 2. The van der Waals surface area contributed by atoms with Crippen molar-refractivity contribution >= 4 is 6.09 Å². The summed E-state index contributed by atoms with van der Waals surface area (Å²) in [5, 5.41) is 3.35. The Balaban J connectivity index is 2.11. The van der Waals surface area contributed by atoms with E-state index in [2.05, 4.69) is 5.32 Å². The van der Waals surface area contributed by atoms with Crippen molar-refractivity contribution in [1.82, 2.24) is 10.2 Å². The number of rotatable bonds is 3. The molecule has 1 aromatic carbocycles. The zero-order valence-electron chi connectivity index (χ0n) is 13.9. The van der Waals surface area contributed by atoms with E-state index in [9.17, 15) is 4.79 Å². The molecule has 22 heavy (non-hydrogen) atoms. The molecule has 0 spiro atoms. The molecular formula is C17H26N2O3.